The van der Waals surface area contributed by atoms with Crippen LogP contribution < -0.4 is 0 Å². The van der Waals surface area contributed by atoms with Crippen LogP contribution in [0.15, 0.2) is 29.2 Å². The van der Waals surface area contributed by atoms with E-state index < -0.39 is 10.0 Å². The first-order valence-corrected chi connectivity index (χ1v) is 8.27. The highest BCUT2D eigenvalue weighted by atomic mass is 79.9. The second kappa shape index (κ2) is 7.23. The third-order valence-corrected chi connectivity index (χ3v) is 5.06. The summed E-state index contributed by atoms with van der Waals surface area (Å²) in [6, 6.07) is 6.86. The average molecular weight is 336 g/mol. The molecule has 6 heteroatoms. The van der Waals surface area contributed by atoms with Crippen molar-refractivity contribution in [3.8, 4) is 0 Å². The van der Waals surface area contributed by atoms with Crippen molar-refractivity contribution < 1.29 is 13.2 Å². The lowest BCUT2D eigenvalue weighted by Crippen LogP contribution is -2.30. The van der Waals surface area contributed by atoms with E-state index in [0.29, 0.717) is 30.0 Å². The molecule has 0 heterocycles. The third-order valence-electron chi connectivity index (χ3n) is 2.54. The maximum absolute atomic E-state index is 12.2. The second-order valence-corrected chi connectivity index (χ2v) is 6.41. The molecular weight excluding hydrogens is 318 g/mol. The van der Waals surface area contributed by atoms with Gasteiger partial charge in [0.2, 0.25) is 10.0 Å². The molecular formula is C12H18BrNO3S. The molecule has 1 aromatic carbocycles. The first kappa shape index (κ1) is 15.6. The molecule has 18 heavy (non-hydrogen) atoms. The van der Waals surface area contributed by atoms with Gasteiger partial charge in [-0.2, -0.15) is 4.31 Å². The molecule has 102 valence electrons. The summed E-state index contributed by atoms with van der Waals surface area (Å²) < 4.78 is 30.8. The van der Waals surface area contributed by atoms with Gasteiger partial charge in [0.1, 0.15) is 0 Å². The van der Waals surface area contributed by atoms with E-state index in [2.05, 4.69) is 15.9 Å². The van der Waals surface area contributed by atoms with E-state index in [4.69, 9.17) is 4.74 Å². The number of ether oxygens (including phenoxy) is 1. The van der Waals surface area contributed by atoms with Gasteiger partial charge in [-0.25, -0.2) is 8.42 Å². The van der Waals surface area contributed by atoms with Gasteiger partial charge >= 0.3 is 0 Å². The molecule has 1 rings (SSSR count). The van der Waals surface area contributed by atoms with E-state index >= 15 is 0 Å². The Morgan fingerprint density at radius 3 is 2.39 bits per heavy atom. The molecule has 0 amide bonds. The van der Waals surface area contributed by atoms with Gasteiger partial charge in [0.25, 0.3) is 0 Å². The molecule has 0 spiro atoms. The Morgan fingerprint density at radius 2 is 1.89 bits per heavy atom. The van der Waals surface area contributed by atoms with Crippen LogP contribution in [-0.2, 0) is 20.1 Å². The van der Waals surface area contributed by atoms with Crippen LogP contribution in [0.5, 0.6) is 0 Å². The Kier molecular flexibility index (Phi) is 6.28. The molecule has 0 fully saturated rings. The van der Waals surface area contributed by atoms with E-state index in [1.54, 1.807) is 31.3 Å². The molecule has 0 aromatic heterocycles. The monoisotopic (exact) mass is 335 g/mol. The number of sulfonamides is 1. The highest BCUT2D eigenvalue weighted by molar-refractivity contribution is 9.08. The zero-order chi connectivity index (χ0) is 13.6. The first-order chi connectivity index (χ1) is 8.52. The Balaban J connectivity index is 2.77. The van der Waals surface area contributed by atoms with Crippen molar-refractivity contribution in [1.29, 1.82) is 0 Å². The summed E-state index contributed by atoms with van der Waals surface area (Å²) in [4.78, 5) is 0.311. The Morgan fingerprint density at radius 1 is 1.28 bits per heavy atom. The minimum Gasteiger partial charge on any atom is -0.380 e. The van der Waals surface area contributed by atoms with Gasteiger partial charge in [-0.05, 0) is 24.6 Å². The van der Waals surface area contributed by atoms with Gasteiger partial charge in [-0.15, -0.1) is 0 Å². The summed E-state index contributed by atoms with van der Waals surface area (Å²) in [6.45, 7) is 3.24. The average Bonchev–Trinajstić information content (AvgIpc) is 2.39. The quantitative estimate of drug-likeness (QED) is 0.567. The van der Waals surface area contributed by atoms with Gasteiger partial charge in [-0.1, -0.05) is 28.1 Å². The predicted molar refractivity (Wildman–Crippen MR) is 75.4 cm³/mol. The highest BCUT2D eigenvalue weighted by Crippen LogP contribution is 2.16. The number of benzene rings is 1. The Hall–Kier alpha value is -0.430. The van der Waals surface area contributed by atoms with Crippen molar-refractivity contribution >= 4 is 26.0 Å². The lowest BCUT2D eigenvalue weighted by Gasteiger charge is -2.17. The molecule has 0 saturated heterocycles. The largest absolute Gasteiger partial charge is 0.380 e. The zero-order valence-corrected chi connectivity index (χ0v) is 13.0. The van der Waals surface area contributed by atoms with Crippen LogP contribution in [0.4, 0.5) is 0 Å². The predicted octanol–water partition coefficient (Wildman–Crippen LogP) is 2.24. The summed E-state index contributed by atoms with van der Waals surface area (Å²) in [5, 5.41) is 0.716. The van der Waals surface area contributed by atoms with Crippen LogP contribution in [0.25, 0.3) is 0 Å². The molecule has 0 atom stereocenters. The molecule has 0 radical (unpaired) electrons. The van der Waals surface area contributed by atoms with Crippen LogP contribution in [0.2, 0.25) is 0 Å². The molecule has 0 saturated carbocycles. The minimum atomic E-state index is -3.41. The molecule has 0 aliphatic rings. The lowest BCUT2D eigenvalue weighted by atomic mass is 10.2. The maximum atomic E-state index is 12.2. The van der Waals surface area contributed by atoms with E-state index in [9.17, 15) is 8.42 Å². The fourth-order valence-corrected chi connectivity index (χ4v) is 2.92. The van der Waals surface area contributed by atoms with Crippen molar-refractivity contribution in [2.24, 2.45) is 0 Å². The van der Waals surface area contributed by atoms with E-state index in [1.807, 2.05) is 6.92 Å². The van der Waals surface area contributed by atoms with Crippen LogP contribution >= 0.6 is 15.9 Å². The van der Waals surface area contributed by atoms with Crippen molar-refractivity contribution in [2.45, 2.75) is 17.1 Å². The fourth-order valence-electron chi connectivity index (χ4n) is 1.39. The molecule has 0 bridgehead atoms. The summed E-state index contributed by atoms with van der Waals surface area (Å²) >= 11 is 3.33. The smallest absolute Gasteiger partial charge is 0.242 e. The molecule has 0 aliphatic carbocycles. The minimum absolute atomic E-state index is 0.311. The van der Waals surface area contributed by atoms with Crippen LogP contribution in [-0.4, -0.2) is 39.5 Å². The number of rotatable bonds is 7. The van der Waals surface area contributed by atoms with Crippen molar-refractivity contribution in [3.05, 3.63) is 29.8 Å². The summed E-state index contributed by atoms with van der Waals surface area (Å²) in [7, 11) is -1.84. The molecule has 0 N–H and O–H groups in total. The number of hydrogen-bond donors (Lipinski definition) is 0. The summed E-state index contributed by atoms with van der Waals surface area (Å²) in [6.07, 6.45) is 0. The molecule has 1 aromatic rings. The van der Waals surface area contributed by atoms with Crippen molar-refractivity contribution in [2.75, 3.05) is 26.8 Å². The molecule has 4 nitrogen and oxygen atoms in total. The first-order valence-electron chi connectivity index (χ1n) is 5.71. The van der Waals surface area contributed by atoms with Crippen LogP contribution in [0, 0.1) is 0 Å². The van der Waals surface area contributed by atoms with Gasteiger partial charge in [0.15, 0.2) is 0 Å². The highest BCUT2D eigenvalue weighted by Gasteiger charge is 2.19. The summed E-state index contributed by atoms with van der Waals surface area (Å²) in [5.41, 5.74) is 1.05. The SMILES string of the molecule is CCOCCN(C)S(=O)(=O)c1ccc(CBr)cc1. The maximum Gasteiger partial charge on any atom is 0.242 e. The van der Waals surface area contributed by atoms with Gasteiger partial charge < -0.3 is 4.74 Å². The lowest BCUT2D eigenvalue weighted by molar-refractivity contribution is 0.138. The van der Waals surface area contributed by atoms with Crippen molar-refractivity contribution in [1.82, 2.24) is 4.31 Å². The fraction of sp³-hybridized carbons (Fsp3) is 0.500. The number of nitrogens with zero attached hydrogens (tertiary/aromatic N) is 1. The standard InChI is InChI=1S/C12H18BrNO3S/c1-3-17-9-8-14(2)18(15,16)12-6-4-11(10-13)5-7-12/h4-7H,3,8-10H2,1-2H3. The summed E-state index contributed by atoms with van der Waals surface area (Å²) in [5.74, 6) is 0. The van der Waals surface area contributed by atoms with Gasteiger partial charge in [-0.3, -0.25) is 0 Å². The molecule has 0 aliphatic heterocycles. The van der Waals surface area contributed by atoms with E-state index in [0.717, 1.165) is 5.56 Å². The van der Waals surface area contributed by atoms with Gasteiger partial charge in [0, 0.05) is 25.5 Å². The Labute approximate surface area is 117 Å². The number of halogens is 1. The number of alkyl halides is 1. The van der Waals surface area contributed by atoms with E-state index in [-0.39, 0.29) is 0 Å². The van der Waals surface area contributed by atoms with Crippen LogP contribution in [0.3, 0.4) is 0 Å². The number of hydrogen-bond acceptors (Lipinski definition) is 3. The molecule has 0 unspecified atom stereocenters. The Bertz CT molecular complexity index is 459. The zero-order valence-electron chi connectivity index (χ0n) is 10.6. The topological polar surface area (TPSA) is 46.6 Å². The van der Waals surface area contributed by atoms with Crippen molar-refractivity contribution in [3.63, 3.8) is 0 Å². The van der Waals surface area contributed by atoms with E-state index in [1.165, 1.54) is 4.31 Å². The second-order valence-electron chi connectivity index (χ2n) is 3.80. The van der Waals surface area contributed by atoms with Crippen LogP contribution in [0.1, 0.15) is 12.5 Å². The normalized spacial score (nSPS) is 12.0. The third kappa shape index (κ3) is 4.05. The van der Waals surface area contributed by atoms with Gasteiger partial charge in [0.05, 0.1) is 11.5 Å². The number of likely N-dealkylation sites (N-methyl/N-ethyl adjacent to an activating group) is 1.